The van der Waals surface area contributed by atoms with Crippen LogP contribution in [-0.4, -0.2) is 30.3 Å². The number of hydrogen-bond acceptors (Lipinski definition) is 5. The predicted octanol–water partition coefficient (Wildman–Crippen LogP) is 2.81. The standard InChI is InChI=1S/C20H19NO5/c22-14(18-11-13-5-1-2-6-15(13)25-18)9-10-21-20(23)19-12-24-16-7-3-4-8-17(16)26-19/h1-8,11,14,19,22H,9-10,12H2,(H,21,23). The molecule has 26 heavy (non-hydrogen) atoms. The van der Waals surface area contributed by atoms with Crippen molar-refractivity contribution in [1.29, 1.82) is 0 Å². The van der Waals surface area contributed by atoms with Crippen LogP contribution >= 0.6 is 0 Å². The molecule has 1 aromatic heterocycles. The van der Waals surface area contributed by atoms with Crippen LogP contribution in [0.1, 0.15) is 18.3 Å². The Morgan fingerprint density at radius 2 is 1.92 bits per heavy atom. The van der Waals surface area contributed by atoms with Crippen LogP contribution in [0.15, 0.2) is 59.0 Å². The Hall–Kier alpha value is -2.99. The van der Waals surface area contributed by atoms with Gasteiger partial charge in [0, 0.05) is 11.9 Å². The molecule has 1 aliphatic rings. The van der Waals surface area contributed by atoms with Gasteiger partial charge in [0.25, 0.3) is 5.91 Å². The Bertz CT molecular complexity index is 886. The van der Waals surface area contributed by atoms with Crippen molar-refractivity contribution in [3.8, 4) is 11.5 Å². The molecule has 2 aromatic carbocycles. The predicted molar refractivity (Wildman–Crippen MR) is 95.2 cm³/mol. The summed E-state index contributed by atoms with van der Waals surface area (Å²) >= 11 is 0. The van der Waals surface area contributed by atoms with E-state index >= 15 is 0 Å². The van der Waals surface area contributed by atoms with Crippen LogP contribution in [0.2, 0.25) is 0 Å². The van der Waals surface area contributed by atoms with Gasteiger partial charge in [-0.3, -0.25) is 4.79 Å². The summed E-state index contributed by atoms with van der Waals surface area (Å²) in [7, 11) is 0. The molecule has 2 atom stereocenters. The number of benzene rings is 2. The summed E-state index contributed by atoms with van der Waals surface area (Å²) in [6.07, 6.45) is -1.14. The lowest BCUT2D eigenvalue weighted by atomic mass is 10.2. The number of aliphatic hydroxyl groups is 1. The maximum atomic E-state index is 12.2. The molecule has 0 saturated carbocycles. The SMILES string of the molecule is O=C(NCCC(O)c1cc2ccccc2o1)C1COc2ccccc2O1. The third kappa shape index (κ3) is 3.36. The Balaban J connectivity index is 1.29. The first-order chi connectivity index (χ1) is 12.7. The average Bonchev–Trinajstić information content (AvgIpc) is 3.12. The molecule has 0 saturated heterocycles. The van der Waals surface area contributed by atoms with E-state index in [1.807, 2.05) is 42.5 Å². The van der Waals surface area contributed by atoms with Gasteiger partial charge in [-0.2, -0.15) is 0 Å². The molecule has 2 N–H and O–H groups in total. The van der Waals surface area contributed by atoms with Crippen molar-refractivity contribution < 1.29 is 23.8 Å². The highest BCUT2D eigenvalue weighted by molar-refractivity contribution is 5.81. The van der Waals surface area contributed by atoms with Crippen LogP contribution < -0.4 is 14.8 Å². The lowest BCUT2D eigenvalue weighted by Gasteiger charge is -2.25. The van der Waals surface area contributed by atoms with Crippen molar-refractivity contribution in [3.63, 3.8) is 0 Å². The van der Waals surface area contributed by atoms with Crippen molar-refractivity contribution in [2.45, 2.75) is 18.6 Å². The summed E-state index contributed by atoms with van der Waals surface area (Å²) in [5.74, 6) is 1.42. The first kappa shape index (κ1) is 16.5. The van der Waals surface area contributed by atoms with Crippen LogP contribution in [-0.2, 0) is 4.79 Å². The van der Waals surface area contributed by atoms with Gasteiger partial charge in [0.2, 0.25) is 6.10 Å². The molecule has 6 nitrogen and oxygen atoms in total. The van der Waals surface area contributed by atoms with E-state index in [0.29, 0.717) is 30.2 Å². The van der Waals surface area contributed by atoms with E-state index < -0.39 is 12.2 Å². The summed E-state index contributed by atoms with van der Waals surface area (Å²) < 4.78 is 16.8. The van der Waals surface area contributed by atoms with Gasteiger partial charge in [0.05, 0.1) is 0 Å². The number of furan rings is 1. The fourth-order valence-corrected chi connectivity index (χ4v) is 2.90. The molecule has 0 bridgehead atoms. The van der Waals surface area contributed by atoms with E-state index in [1.54, 1.807) is 12.1 Å². The Kier molecular flexibility index (Phi) is 4.50. The second-order valence-electron chi connectivity index (χ2n) is 6.15. The molecule has 134 valence electrons. The smallest absolute Gasteiger partial charge is 0.264 e. The third-order valence-electron chi connectivity index (χ3n) is 4.29. The Labute approximate surface area is 150 Å². The number of rotatable bonds is 5. The molecule has 2 unspecified atom stereocenters. The molecule has 3 aromatic rings. The van der Waals surface area contributed by atoms with Crippen molar-refractivity contribution >= 4 is 16.9 Å². The molecule has 2 heterocycles. The summed E-state index contributed by atoms with van der Waals surface area (Å²) in [6, 6.07) is 16.6. The molecule has 0 aliphatic carbocycles. The summed E-state index contributed by atoms with van der Waals surface area (Å²) in [6.45, 7) is 0.466. The molecule has 1 amide bonds. The second-order valence-corrected chi connectivity index (χ2v) is 6.15. The first-order valence-corrected chi connectivity index (χ1v) is 8.53. The molecule has 4 rings (SSSR count). The minimum Gasteiger partial charge on any atom is -0.485 e. The largest absolute Gasteiger partial charge is 0.485 e. The van der Waals surface area contributed by atoms with E-state index in [2.05, 4.69) is 5.32 Å². The maximum Gasteiger partial charge on any atom is 0.264 e. The van der Waals surface area contributed by atoms with E-state index in [-0.39, 0.29) is 12.5 Å². The highest BCUT2D eigenvalue weighted by Gasteiger charge is 2.27. The maximum absolute atomic E-state index is 12.2. The zero-order chi connectivity index (χ0) is 17.9. The van der Waals surface area contributed by atoms with Crippen molar-refractivity contribution in [3.05, 3.63) is 60.4 Å². The highest BCUT2D eigenvalue weighted by Crippen LogP contribution is 2.31. The van der Waals surface area contributed by atoms with Gasteiger partial charge in [-0.1, -0.05) is 30.3 Å². The topological polar surface area (TPSA) is 80.9 Å². The molecule has 0 spiro atoms. The number of nitrogens with one attached hydrogen (secondary N) is 1. The van der Waals surface area contributed by atoms with Gasteiger partial charge in [-0.05, 0) is 30.7 Å². The van der Waals surface area contributed by atoms with Gasteiger partial charge >= 0.3 is 0 Å². The number of hydrogen-bond donors (Lipinski definition) is 2. The van der Waals surface area contributed by atoms with Crippen molar-refractivity contribution in [1.82, 2.24) is 5.32 Å². The molecular formula is C20H19NO5. The van der Waals surface area contributed by atoms with Gasteiger partial charge in [0.15, 0.2) is 11.5 Å². The van der Waals surface area contributed by atoms with Gasteiger partial charge in [-0.25, -0.2) is 0 Å². The molecule has 0 radical (unpaired) electrons. The second kappa shape index (κ2) is 7.09. The molecule has 6 heteroatoms. The average molecular weight is 353 g/mol. The number of ether oxygens (including phenoxy) is 2. The normalized spacial score (nSPS) is 17.0. The number of carbonyl (C=O) groups excluding carboxylic acids is 1. The quantitative estimate of drug-likeness (QED) is 0.737. The fraction of sp³-hybridized carbons (Fsp3) is 0.250. The Morgan fingerprint density at radius 1 is 1.15 bits per heavy atom. The van der Waals surface area contributed by atoms with E-state index in [1.165, 1.54) is 0 Å². The van der Waals surface area contributed by atoms with Crippen LogP contribution in [0.5, 0.6) is 11.5 Å². The summed E-state index contributed by atoms with van der Waals surface area (Å²) in [4.78, 5) is 12.2. The van der Waals surface area contributed by atoms with Crippen LogP contribution in [0.25, 0.3) is 11.0 Å². The van der Waals surface area contributed by atoms with E-state index in [0.717, 1.165) is 11.0 Å². The highest BCUT2D eigenvalue weighted by atomic mass is 16.6. The third-order valence-corrected chi connectivity index (χ3v) is 4.29. The minimum atomic E-state index is -0.785. The number of fused-ring (bicyclic) bond motifs is 2. The fourth-order valence-electron chi connectivity index (χ4n) is 2.90. The molecule has 1 aliphatic heterocycles. The number of para-hydroxylation sites is 3. The zero-order valence-corrected chi connectivity index (χ0v) is 14.1. The van der Waals surface area contributed by atoms with Crippen LogP contribution in [0.4, 0.5) is 0 Å². The minimum absolute atomic E-state index is 0.162. The van der Waals surface area contributed by atoms with E-state index in [4.69, 9.17) is 13.9 Å². The van der Waals surface area contributed by atoms with E-state index in [9.17, 15) is 9.90 Å². The first-order valence-electron chi connectivity index (χ1n) is 8.53. The lowest BCUT2D eigenvalue weighted by molar-refractivity contribution is -0.130. The monoisotopic (exact) mass is 353 g/mol. The Morgan fingerprint density at radius 3 is 2.77 bits per heavy atom. The van der Waals surface area contributed by atoms with Gasteiger partial charge in [-0.15, -0.1) is 0 Å². The summed E-state index contributed by atoms with van der Waals surface area (Å²) in [5.41, 5.74) is 0.733. The number of amides is 1. The van der Waals surface area contributed by atoms with Gasteiger partial charge in [0.1, 0.15) is 24.1 Å². The molecule has 0 fully saturated rings. The number of carbonyl (C=O) groups is 1. The lowest BCUT2D eigenvalue weighted by Crippen LogP contribution is -2.44. The number of aliphatic hydroxyl groups excluding tert-OH is 1. The van der Waals surface area contributed by atoms with Crippen LogP contribution in [0, 0.1) is 0 Å². The molecular weight excluding hydrogens is 334 g/mol. The van der Waals surface area contributed by atoms with Crippen molar-refractivity contribution in [2.75, 3.05) is 13.2 Å². The van der Waals surface area contributed by atoms with Gasteiger partial charge < -0.3 is 24.3 Å². The van der Waals surface area contributed by atoms with Crippen LogP contribution in [0.3, 0.4) is 0 Å². The summed E-state index contributed by atoms with van der Waals surface area (Å²) in [5, 5.41) is 14.0. The zero-order valence-electron chi connectivity index (χ0n) is 14.1. The van der Waals surface area contributed by atoms with Crippen molar-refractivity contribution in [2.24, 2.45) is 0 Å².